The fourth-order valence-corrected chi connectivity index (χ4v) is 3.16. The van der Waals surface area contributed by atoms with E-state index >= 15 is 0 Å². The highest BCUT2D eigenvalue weighted by molar-refractivity contribution is 7.14. The van der Waals surface area contributed by atoms with Crippen molar-refractivity contribution in [3.05, 3.63) is 75.6 Å². The number of anilines is 1. The predicted molar refractivity (Wildman–Crippen MR) is 105 cm³/mol. The maximum absolute atomic E-state index is 6.20. The van der Waals surface area contributed by atoms with Crippen LogP contribution < -0.4 is 5.43 Å². The molecule has 1 heterocycles. The van der Waals surface area contributed by atoms with Crippen molar-refractivity contribution in [3.63, 3.8) is 0 Å². The number of allylic oxidation sites excluding steroid dienone is 1. The van der Waals surface area contributed by atoms with Crippen LogP contribution in [0.25, 0.3) is 17.3 Å². The van der Waals surface area contributed by atoms with Gasteiger partial charge in [-0.05, 0) is 29.8 Å². The molecule has 1 aromatic heterocycles. The molecule has 3 rings (SSSR count). The van der Waals surface area contributed by atoms with Gasteiger partial charge in [0, 0.05) is 22.2 Å². The summed E-state index contributed by atoms with van der Waals surface area (Å²) in [5, 5.41) is 7.93. The second-order valence-corrected chi connectivity index (χ2v) is 6.52. The molecular formula is C18H13Cl2N3S. The Morgan fingerprint density at radius 3 is 2.71 bits per heavy atom. The highest BCUT2D eigenvalue weighted by Crippen LogP contribution is 2.32. The quantitative estimate of drug-likeness (QED) is 0.425. The van der Waals surface area contributed by atoms with E-state index in [0.29, 0.717) is 15.2 Å². The Morgan fingerprint density at radius 2 is 1.92 bits per heavy atom. The number of aromatic nitrogens is 1. The molecule has 0 aliphatic carbocycles. The second kappa shape index (κ2) is 8.11. The molecule has 3 nitrogen and oxygen atoms in total. The molecule has 2 aromatic carbocycles. The monoisotopic (exact) mass is 373 g/mol. The standard InChI is InChI=1S/C18H13Cl2N3S/c19-14-8-9-15(16(20)11-14)17-12-24-18(22-17)23-21-10-4-7-13-5-2-1-3-6-13/h1-12H,(H,22,23)/b7-4+,21-10-. The third-order valence-corrected chi connectivity index (χ3v) is 4.42. The molecule has 0 aliphatic heterocycles. The Bertz CT molecular complexity index is 873. The number of halogens is 2. The maximum Gasteiger partial charge on any atom is 0.203 e. The zero-order chi connectivity index (χ0) is 16.8. The predicted octanol–water partition coefficient (Wildman–Crippen LogP) is 6.23. The van der Waals surface area contributed by atoms with Crippen molar-refractivity contribution in [1.82, 2.24) is 4.98 Å². The molecule has 6 heteroatoms. The SMILES string of the molecule is Clc1ccc(-c2csc(N/N=C\C=C\c3ccccc3)n2)c(Cl)c1. The van der Waals surface area contributed by atoms with Crippen molar-refractivity contribution < 1.29 is 0 Å². The van der Waals surface area contributed by atoms with E-state index in [-0.39, 0.29) is 0 Å². The van der Waals surface area contributed by atoms with E-state index in [1.54, 1.807) is 18.3 Å². The normalized spacial score (nSPS) is 11.4. The summed E-state index contributed by atoms with van der Waals surface area (Å²) in [6.07, 6.45) is 5.53. The third-order valence-electron chi connectivity index (χ3n) is 3.12. The Labute approximate surface area is 154 Å². The zero-order valence-electron chi connectivity index (χ0n) is 12.5. The van der Waals surface area contributed by atoms with Gasteiger partial charge in [0.15, 0.2) is 0 Å². The van der Waals surface area contributed by atoms with Crippen LogP contribution in [0.15, 0.2) is 65.1 Å². The Balaban J connectivity index is 1.62. The summed E-state index contributed by atoms with van der Waals surface area (Å²) in [5.74, 6) is 0. The first-order chi connectivity index (χ1) is 11.7. The van der Waals surface area contributed by atoms with Crippen molar-refractivity contribution in [2.24, 2.45) is 5.10 Å². The number of hydrazone groups is 1. The number of hydrogen-bond acceptors (Lipinski definition) is 4. The first-order valence-corrected chi connectivity index (χ1v) is 8.78. The van der Waals surface area contributed by atoms with Gasteiger partial charge < -0.3 is 0 Å². The fraction of sp³-hybridized carbons (Fsp3) is 0. The Kier molecular flexibility index (Phi) is 5.64. The molecule has 3 aromatic rings. The van der Waals surface area contributed by atoms with Crippen LogP contribution in [0.1, 0.15) is 5.56 Å². The smallest absolute Gasteiger partial charge is 0.203 e. The van der Waals surface area contributed by atoms with Crippen molar-refractivity contribution in [1.29, 1.82) is 0 Å². The van der Waals surface area contributed by atoms with Crippen molar-refractivity contribution >= 4 is 52.0 Å². The van der Waals surface area contributed by atoms with Gasteiger partial charge in [0.2, 0.25) is 5.13 Å². The van der Waals surface area contributed by atoms with Crippen LogP contribution in [0.4, 0.5) is 5.13 Å². The van der Waals surface area contributed by atoms with E-state index in [0.717, 1.165) is 16.8 Å². The summed E-state index contributed by atoms with van der Waals surface area (Å²) in [6, 6.07) is 15.4. The molecule has 0 bridgehead atoms. The molecule has 0 aliphatic rings. The number of nitrogens with zero attached hydrogens (tertiary/aromatic N) is 2. The van der Waals surface area contributed by atoms with Crippen molar-refractivity contribution in [3.8, 4) is 11.3 Å². The average molecular weight is 374 g/mol. The third kappa shape index (κ3) is 4.45. The van der Waals surface area contributed by atoms with Crippen LogP contribution in [-0.2, 0) is 0 Å². The van der Waals surface area contributed by atoms with E-state index in [2.05, 4.69) is 15.5 Å². The molecule has 0 radical (unpaired) electrons. The lowest BCUT2D eigenvalue weighted by molar-refractivity contribution is 1.29. The summed E-state index contributed by atoms with van der Waals surface area (Å²) in [6.45, 7) is 0. The topological polar surface area (TPSA) is 37.3 Å². The summed E-state index contributed by atoms with van der Waals surface area (Å²) in [4.78, 5) is 4.47. The van der Waals surface area contributed by atoms with E-state index in [1.165, 1.54) is 11.3 Å². The summed E-state index contributed by atoms with van der Waals surface area (Å²) >= 11 is 13.6. The van der Waals surface area contributed by atoms with Gasteiger partial charge in [-0.15, -0.1) is 11.3 Å². The molecule has 0 fully saturated rings. The fourth-order valence-electron chi connectivity index (χ4n) is 2.00. The second-order valence-electron chi connectivity index (χ2n) is 4.82. The molecule has 0 saturated heterocycles. The summed E-state index contributed by atoms with van der Waals surface area (Å²) in [7, 11) is 0. The number of rotatable bonds is 5. The van der Waals surface area contributed by atoms with Crippen LogP contribution in [0, 0.1) is 0 Å². The van der Waals surface area contributed by atoms with Crippen molar-refractivity contribution in [2.75, 3.05) is 5.43 Å². The Hall–Kier alpha value is -2.14. The van der Waals surface area contributed by atoms with E-state index in [1.807, 2.05) is 53.9 Å². The van der Waals surface area contributed by atoms with E-state index < -0.39 is 0 Å². The number of benzene rings is 2. The minimum Gasteiger partial charge on any atom is -0.253 e. The van der Waals surface area contributed by atoms with Crippen LogP contribution in [0.2, 0.25) is 10.0 Å². The molecular weight excluding hydrogens is 361 g/mol. The van der Waals surface area contributed by atoms with Crippen LogP contribution in [0.5, 0.6) is 0 Å². The highest BCUT2D eigenvalue weighted by Gasteiger charge is 2.08. The minimum atomic E-state index is 0.577. The van der Waals surface area contributed by atoms with Gasteiger partial charge in [0.25, 0.3) is 0 Å². The van der Waals surface area contributed by atoms with Gasteiger partial charge in [0.05, 0.1) is 10.7 Å². The maximum atomic E-state index is 6.20. The Morgan fingerprint density at radius 1 is 1.08 bits per heavy atom. The van der Waals surface area contributed by atoms with Crippen LogP contribution in [-0.4, -0.2) is 11.2 Å². The van der Waals surface area contributed by atoms with Gasteiger partial charge in [-0.1, -0.05) is 59.6 Å². The molecule has 0 atom stereocenters. The summed E-state index contributed by atoms with van der Waals surface area (Å²) in [5.41, 5.74) is 5.67. The van der Waals surface area contributed by atoms with Gasteiger partial charge in [-0.3, -0.25) is 5.43 Å². The largest absolute Gasteiger partial charge is 0.253 e. The number of nitrogens with one attached hydrogen (secondary N) is 1. The van der Waals surface area contributed by atoms with Gasteiger partial charge in [0.1, 0.15) is 0 Å². The van der Waals surface area contributed by atoms with Crippen LogP contribution >= 0.6 is 34.5 Å². The lowest BCUT2D eigenvalue weighted by Crippen LogP contribution is -1.87. The molecule has 0 spiro atoms. The van der Waals surface area contributed by atoms with Gasteiger partial charge in [-0.2, -0.15) is 5.10 Å². The molecule has 120 valence electrons. The van der Waals surface area contributed by atoms with E-state index in [9.17, 15) is 0 Å². The number of thiazole rings is 1. The molecule has 0 saturated carbocycles. The highest BCUT2D eigenvalue weighted by atomic mass is 35.5. The van der Waals surface area contributed by atoms with Gasteiger partial charge >= 0.3 is 0 Å². The molecule has 1 N–H and O–H groups in total. The lowest BCUT2D eigenvalue weighted by atomic mass is 10.2. The van der Waals surface area contributed by atoms with Crippen LogP contribution in [0.3, 0.4) is 0 Å². The summed E-state index contributed by atoms with van der Waals surface area (Å²) < 4.78 is 0. The zero-order valence-corrected chi connectivity index (χ0v) is 14.8. The first kappa shape index (κ1) is 16.7. The minimum absolute atomic E-state index is 0.577. The van der Waals surface area contributed by atoms with Crippen molar-refractivity contribution in [2.45, 2.75) is 0 Å². The van der Waals surface area contributed by atoms with Gasteiger partial charge in [-0.25, -0.2) is 4.98 Å². The average Bonchev–Trinajstić information content (AvgIpc) is 3.04. The molecule has 0 amide bonds. The van der Waals surface area contributed by atoms with E-state index in [4.69, 9.17) is 23.2 Å². The molecule has 0 unspecified atom stereocenters. The first-order valence-electron chi connectivity index (χ1n) is 7.14. The number of hydrogen-bond donors (Lipinski definition) is 1. The molecule has 24 heavy (non-hydrogen) atoms. The lowest BCUT2D eigenvalue weighted by Gasteiger charge is -2.00.